The van der Waals surface area contributed by atoms with Crippen LogP contribution >= 0.6 is 0 Å². The lowest BCUT2D eigenvalue weighted by atomic mass is 9.91. The van der Waals surface area contributed by atoms with Crippen molar-refractivity contribution < 1.29 is 4.99 Å². The predicted molar refractivity (Wildman–Crippen MR) is 41.8 cm³/mol. The Morgan fingerprint density at radius 3 is 3.30 bits per heavy atom. The first-order valence-electron chi connectivity index (χ1n) is 3.91. The maximum absolute atomic E-state index is 3.36. The summed E-state index contributed by atoms with van der Waals surface area (Å²) in [6.07, 6.45) is 11.5. The minimum Gasteiger partial charge on any atom is -0.241 e. The van der Waals surface area contributed by atoms with Crippen LogP contribution < -0.4 is 4.99 Å². The van der Waals surface area contributed by atoms with Gasteiger partial charge in [-0.3, -0.25) is 0 Å². The summed E-state index contributed by atoms with van der Waals surface area (Å²) >= 11 is 0. The molecule has 1 heteroatoms. The fourth-order valence-corrected chi connectivity index (χ4v) is 1.56. The van der Waals surface area contributed by atoms with Gasteiger partial charge in [0, 0.05) is 6.08 Å². The van der Waals surface area contributed by atoms with Gasteiger partial charge in [0.1, 0.15) is 0 Å². The molecule has 1 heterocycles. The van der Waals surface area contributed by atoms with Crippen LogP contribution in [0.4, 0.5) is 0 Å². The van der Waals surface area contributed by atoms with E-state index in [9.17, 15) is 0 Å². The van der Waals surface area contributed by atoms with Gasteiger partial charge in [0.25, 0.3) is 0 Å². The number of nitrogens with one attached hydrogen (secondary N) is 1. The molecule has 1 N–H and O–H groups in total. The maximum atomic E-state index is 3.36. The molecule has 10 heavy (non-hydrogen) atoms. The molecule has 2 rings (SSSR count). The minimum absolute atomic E-state index is 0.693. The molecule has 1 aliphatic heterocycles. The minimum atomic E-state index is 0.693. The first-order chi connectivity index (χ1) is 4.97. The van der Waals surface area contributed by atoms with E-state index in [1.54, 1.807) is 0 Å². The summed E-state index contributed by atoms with van der Waals surface area (Å²) in [7, 11) is 0. The van der Waals surface area contributed by atoms with Crippen LogP contribution in [0.5, 0.6) is 0 Å². The highest BCUT2D eigenvalue weighted by atomic mass is 14.7. The van der Waals surface area contributed by atoms with E-state index >= 15 is 0 Å². The zero-order valence-electron chi connectivity index (χ0n) is 6.01. The zero-order chi connectivity index (χ0) is 6.81. The SMILES string of the molecule is C1=CC2=[NH+]CC=CC2CC1. The Bertz CT molecular complexity index is 211. The van der Waals surface area contributed by atoms with Crippen molar-refractivity contribution in [2.45, 2.75) is 12.8 Å². The Morgan fingerprint density at radius 2 is 2.40 bits per heavy atom. The Morgan fingerprint density at radius 1 is 1.40 bits per heavy atom. The van der Waals surface area contributed by atoms with Gasteiger partial charge in [0.2, 0.25) is 0 Å². The molecular formula is C9H12N+. The summed E-state index contributed by atoms with van der Waals surface area (Å²) < 4.78 is 0. The molecule has 1 atom stereocenters. The van der Waals surface area contributed by atoms with Gasteiger partial charge in [-0.05, 0) is 18.9 Å². The van der Waals surface area contributed by atoms with Crippen molar-refractivity contribution in [3.05, 3.63) is 24.3 Å². The quantitative estimate of drug-likeness (QED) is 0.450. The van der Waals surface area contributed by atoms with Crippen LogP contribution in [0.1, 0.15) is 12.8 Å². The van der Waals surface area contributed by atoms with Crippen LogP contribution in [0.15, 0.2) is 24.3 Å². The van der Waals surface area contributed by atoms with Gasteiger partial charge in [0.15, 0.2) is 12.3 Å². The monoisotopic (exact) mass is 134 g/mol. The summed E-state index contributed by atoms with van der Waals surface area (Å²) in [5.41, 5.74) is 1.41. The highest BCUT2D eigenvalue weighted by molar-refractivity contribution is 5.94. The number of allylic oxidation sites excluding steroid dienone is 3. The van der Waals surface area contributed by atoms with Gasteiger partial charge >= 0.3 is 0 Å². The van der Waals surface area contributed by atoms with Crippen LogP contribution in [-0.4, -0.2) is 12.3 Å². The van der Waals surface area contributed by atoms with Crippen LogP contribution in [0.25, 0.3) is 0 Å². The fourth-order valence-electron chi connectivity index (χ4n) is 1.56. The van der Waals surface area contributed by atoms with Gasteiger partial charge in [0.05, 0.1) is 5.92 Å². The van der Waals surface area contributed by atoms with E-state index in [1.165, 1.54) is 18.6 Å². The molecule has 0 saturated heterocycles. The third-order valence-electron chi connectivity index (χ3n) is 2.13. The summed E-state index contributed by atoms with van der Waals surface area (Å²) in [5, 5.41) is 0. The second-order valence-corrected chi connectivity index (χ2v) is 2.85. The van der Waals surface area contributed by atoms with Crippen molar-refractivity contribution >= 4 is 5.71 Å². The molecule has 2 aliphatic rings. The smallest absolute Gasteiger partial charge is 0.181 e. The van der Waals surface area contributed by atoms with Crippen molar-refractivity contribution in [3.8, 4) is 0 Å². The van der Waals surface area contributed by atoms with Gasteiger partial charge in [-0.1, -0.05) is 12.2 Å². The van der Waals surface area contributed by atoms with E-state index in [2.05, 4.69) is 29.3 Å². The van der Waals surface area contributed by atoms with Gasteiger partial charge in [-0.15, -0.1) is 0 Å². The van der Waals surface area contributed by atoms with E-state index in [1.807, 2.05) is 0 Å². The van der Waals surface area contributed by atoms with Gasteiger partial charge < -0.3 is 0 Å². The van der Waals surface area contributed by atoms with E-state index in [0.29, 0.717) is 5.92 Å². The zero-order valence-corrected chi connectivity index (χ0v) is 6.01. The molecule has 0 bridgehead atoms. The molecule has 52 valence electrons. The van der Waals surface area contributed by atoms with Crippen molar-refractivity contribution in [1.29, 1.82) is 0 Å². The Balaban J connectivity index is 2.26. The summed E-state index contributed by atoms with van der Waals surface area (Å²) in [4.78, 5) is 3.36. The van der Waals surface area contributed by atoms with Gasteiger partial charge in [-0.25, -0.2) is 4.99 Å². The fraction of sp³-hybridized carbons (Fsp3) is 0.444. The number of hydrogen-bond acceptors (Lipinski definition) is 0. The number of fused-ring (bicyclic) bond motifs is 1. The van der Waals surface area contributed by atoms with Crippen LogP contribution in [0.3, 0.4) is 0 Å². The van der Waals surface area contributed by atoms with Crippen LogP contribution in [0.2, 0.25) is 0 Å². The summed E-state index contributed by atoms with van der Waals surface area (Å²) in [6.45, 7) is 1.01. The molecule has 0 fully saturated rings. The highest BCUT2D eigenvalue weighted by Crippen LogP contribution is 2.15. The molecule has 0 radical (unpaired) electrons. The summed E-state index contributed by atoms with van der Waals surface area (Å²) in [6, 6.07) is 0. The molecular weight excluding hydrogens is 122 g/mol. The third kappa shape index (κ3) is 0.919. The van der Waals surface area contributed by atoms with E-state index in [-0.39, 0.29) is 0 Å². The number of rotatable bonds is 0. The second kappa shape index (κ2) is 2.41. The molecule has 0 aromatic heterocycles. The largest absolute Gasteiger partial charge is 0.241 e. The molecule has 0 amide bonds. The van der Waals surface area contributed by atoms with Gasteiger partial charge in [-0.2, -0.15) is 0 Å². The second-order valence-electron chi connectivity index (χ2n) is 2.85. The molecule has 0 aromatic carbocycles. The molecule has 1 nitrogen and oxygen atoms in total. The molecule has 0 spiro atoms. The number of hydrogen-bond donors (Lipinski definition) is 1. The molecule has 1 aliphatic carbocycles. The predicted octanol–water partition coefficient (Wildman–Crippen LogP) is 0.0440. The lowest BCUT2D eigenvalue weighted by Crippen LogP contribution is -2.75. The topological polar surface area (TPSA) is 14.0 Å². The van der Waals surface area contributed by atoms with Crippen molar-refractivity contribution in [3.63, 3.8) is 0 Å². The average molecular weight is 134 g/mol. The van der Waals surface area contributed by atoms with E-state index in [0.717, 1.165) is 6.54 Å². The highest BCUT2D eigenvalue weighted by Gasteiger charge is 2.19. The average Bonchev–Trinajstić information content (AvgIpc) is 2.05. The Hall–Kier alpha value is -0.850. The Labute approximate surface area is 61.2 Å². The lowest BCUT2D eigenvalue weighted by molar-refractivity contribution is -0.448. The first-order valence-corrected chi connectivity index (χ1v) is 3.91. The van der Waals surface area contributed by atoms with Crippen LogP contribution in [0, 0.1) is 5.92 Å². The normalized spacial score (nSPS) is 29.6. The van der Waals surface area contributed by atoms with Crippen molar-refractivity contribution in [2.24, 2.45) is 5.92 Å². The third-order valence-corrected chi connectivity index (χ3v) is 2.13. The molecule has 0 aromatic rings. The standard InChI is InChI=1S/C9H11N/c1-2-6-9-8(4-1)5-3-7-10-9/h2-3,5-6,8H,1,4,7H2/p+1. The van der Waals surface area contributed by atoms with E-state index < -0.39 is 0 Å². The Kier molecular flexibility index (Phi) is 1.42. The molecule has 0 saturated carbocycles. The lowest BCUT2D eigenvalue weighted by Gasteiger charge is -2.13. The summed E-state index contributed by atoms with van der Waals surface area (Å²) in [5.74, 6) is 0.693. The molecule has 1 unspecified atom stereocenters. The maximum Gasteiger partial charge on any atom is 0.181 e. The van der Waals surface area contributed by atoms with E-state index in [4.69, 9.17) is 0 Å². The van der Waals surface area contributed by atoms with Crippen molar-refractivity contribution in [2.75, 3.05) is 6.54 Å². The van der Waals surface area contributed by atoms with Crippen LogP contribution in [-0.2, 0) is 0 Å². The van der Waals surface area contributed by atoms with Crippen molar-refractivity contribution in [1.82, 2.24) is 0 Å². The first kappa shape index (κ1) is 5.90.